The average molecular weight is 231 g/mol. The van der Waals surface area contributed by atoms with E-state index in [-0.39, 0.29) is 11.0 Å². The fourth-order valence-electron chi connectivity index (χ4n) is 3.11. The first-order valence-corrected chi connectivity index (χ1v) is 6.44. The minimum Gasteiger partial charge on any atom is -0.379 e. The SMILES string of the molecule is Cc1ccc(C2(C3(N)CC3)COC2)c(C)c1C. The molecule has 92 valence electrons. The number of ether oxygens (including phenoxy) is 1. The summed E-state index contributed by atoms with van der Waals surface area (Å²) in [7, 11) is 0. The predicted molar refractivity (Wildman–Crippen MR) is 69.3 cm³/mol. The van der Waals surface area contributed by atoms with Crippen molar-refractivity contribution in [1.82, 2.24) is 0 Å². The van der Waals surface area contributed by atoms with Crippen LogP contribution in [0.25, 0.3) is 0 Å². The molecule has 2 nitrogen and oxygen atoms in total. The topological polar surface area (TPSA) is 35.2 Å². The van der Waals surface area contributed by atoms with Gasteiger partial charge in [0.2, 0.25) is 0 Å². The van der Waals surface area contributed by atoms with Crippen LogP contribution in [0.4, 0.5) is 0 Å². The van der Waals surface area contributed by atoms with Crippen LogP contribution < -0.4 is 5.73 Å². The van der Waals surface area contributed by atoms with Crippen molar-refractivity contribution in [3.63, 3.8) is 0 Å². The van der Waals surface area contributed by atoms with Gasteiger partial charge in [-0.25, -0.2) is 0 Å². The van der Waals surface area contributed by atoms with Gasteiger partial charge in [-0.3, -0.25) is 0 Å². The van der Waals surface area contributed by atoms with Crippen LogP contribution in [0.15, 0.2) is 12.1 Å². The summed E-state index contributed by atoms with van der Waals surface area (Å²) in [6.45, 7) is 8.20. The molecule has 2 heteroatoms. The van der Waals surface area contributed by atoms with E-state index in [4.69, 9.17) is 10.5 Å². The zero-order valence-electron chi connectivity index (χ0n) is 11.0. The summed E-state index contributed by atoms with van der Waals surface area (Å²) in [6, 6.07) is 4.50. The minimum absolute atomic E-state index is 0.00227. The maximum Gasteiger partial charge on any atom is 0.0603 e. The normalized spacial score (nSPS) is 24.2. The summed E-state index contributed by atoms with van der Waals surface area (Å²) in [5.41, 5.74) is 12.2. The van der Waals surface area contributed by atoms with Gasteiger partial charge >= 0.3 is 0 Å². The summed E-state index contributed by atoms with van der Waals surface area (Å²) < 4.78 is 5.50. The molecule has 1 aliphatic carbocycles. The Morgan fingerprint density at radius 2 is 1.71 bits per heavy atom. The largest absolute Gasteiger partial charge is 0.379 e. The lowest BCUT2D eigenvalue weighted by atomic mass is 9.68. The number of nitrogens with two attached hydrogens (primary N) is 1. The van der Waals surface area contributed by atoms with Crippen LogP contribution in [0.5, 0.6) is 0 Å². The summed E-state index contributed by atoms with van der Waals surface area (Å²) in [6.07, 6.45) is 2.28. The van der Waals surface area contributed by atoms with E-state index in [1.807, 2.05) is 0 Å². The van der Waals surface area contributed by atoms with Crippen LogP contribution >= 0.6 is 0 Å². The maximum atomic E-state index is 6.50. The average Bonchev–Trinajstić information content (AvgIpc) is 2.96. The van der Waals surface area contributed by atoms with Gasteiger partial charge in [-0.1, -0.05) is 12.1 Å². The van der Waals surface area contributed by atoms with Gasteiger partial charge < -0.3 is 10.5 Å². The molecule has 2 fully saturated rings. The van der Waals surface area contributed by atoms with E-state index in [0.717, 1.165) is 26.1 Å². The second-order valence-corrected chi connectivity index (χ2v) is 5.91. The van der Waals surface area contributed by atoms with Crippen LogP contribution in [0.2, 0.25) is 0 Å². The van der Waals surface area contributed by atoms with Crippen LogP contribution in [-0.4, -0.2) is 18.8 Å². The van der Waals surface area contributed by atoms with Gasteiger partial charge in [0.1, 0.15) is 0 Å². The molecule has 0 bridgehead atoms. The van der Waals surface area contributed by atoms with Crippen molar-refractivity contribution >= 4 is 0 Å². The second-order valence-electron chi connectivity index (χ2n) is 5.91. The zero-order chi connectivity index (χ0) is 12.3. The van der Waals surface area contributed by atoms with Crippen molar-refractivity contribution in [2.75, 3.05) is 13.2 Å². The highest BCUT2D eigenvalue weighted by atomic mass is 16.5. The Hall–Kier alpha value is -0.860. The lowest BCUT2D eigenvalue weighted by Gasteiger charge is -2.48. The number of hydrogen-bond donors (Lipinski definition) is 1. The third-order valence-electron chi connectivity index (χ3n) is 5.01. The summed E-state index contributed by atoms with van der Waals surface area (Å²) >= 11 is 0. The smallest absolute Gasteiger partial charge is 0.0603 e. The first-order chi connectivity index (χ1) is 8.00. The molecule has 1 aromatic rings. The molecule has 0 atom stereocenters. The third kappa shape index (κ3) is 1.34. The Kier molecular flexibility index (Phi) is 2.20. The van der Waals surface area contributed by atoms with Crippen LogP contribution in [0.3, 0.4) is 0 Å². The molecule has 1 aromatic carbocycles. The molecule has 2 aliphatic rings. The van der Waals surface area contributed by atoms with Gasteiger partial charge in [0.15, 0.2) is 0 Å². The number of rotatable bonds is 2. The van der Waals surface area contributed by atoms with Crippen LogP contribution in [-0.2, 0) is 10.2 Å². The highest BCUT2D eigenvalue weighted by molar-refractivity contribution is 5.47. The second kappa shape index (κ2) is 3.33. The van der Waals surface area contributed by atoms with E-state index in [1.54, 1.807) is 0 Å². The van der Waals surface area contributed by atoms with E-state index in [2.05, 4.69) is 32.9 Å². The monoisotopic (exact) mass is 231 g/mol. The first-order valence-electron chi connectivity index (χ1n) is 6.44. The van der Waals surface area contributed by atoms with Gasteiger partial charge in [-0.2, -0.15) is 0 Å². The van der Waals surface area contributed by atoms with Crippen LogP contribution in [0, 0.1) is 20.8 Å². The minimum atomic E-state index is -0.00227. The zero-order valence-corrected chi connectivity index (χ0v) is 11.0. The van der Waals surface area contributed by atoms with E-state index in [9.17, 15) is 0 Å². The Morgan fingerprint density at radius 1 is 1.06 bits per heavy atom. The van der Waals surface area contributed by atoms with Gasteiger partial charge in [0, 0.05) is 5.54 Å². The van der Waals surface area contributed by atoms with Crippen LogP contribution in [0.1, 0.15) is 35.1 Å². The van der Waals surface area contributed by atoms with Crippen molar-refractivity contribution in [2.45, 2.75) is 44.6 Å². The third-order valence-corrected chi connectivity index (χ3v) is 5.01. The molecule has 0 spiro atoms. The highest BCUT2D eigenvalue weighted by Crippen LogP contribution is 2.54. The van der Waals surface area contributed by atoms with E-state index in [0.29, 0.717) is 0 Å². The molecule has 3 rings (SSSR count). The maximum absolute atomic E-state index is 6.50. The van der Waals surface area contributed by atoms with Crippen molar-refractivity contribution in [3.8, 4) is 0 Å². The van der Waals surface area contributed by atoms with Crippen molar-refractivity contribution < 1.29 is 4.74 Å². The quantitative estimate of drug-likeness (QED) is 0.848. The Bertz CT molecular complexity index is 470. The number of benzene rings is 1. The standard InChI is InChI=1S/C15H21NO/c1-10-4-5-13(12(3)11(10)2)14(8-17-9-14)15(16)6-7-15/h4-5H,6-9,16H2,1-3H3. The number of aryl methyl sites for hydroxylation is 1. The lowest BCUT2D eigenvalue weighted by molar-refractivity contribution is -0.0789. The molecule has 0 aromatic heterocycles. The molecule has 1 aliphatic heterocycles. The van der Waals surface area contributed by atoms with Gasteiger partial charge in [0.05, 0.1) is 18.6 Å². The predicted octanol–water partition coefficient (Wildman–Crippen LogP) is 2.37. The fraction of sp³-hybridized carbons (Fsp3) is 0.600. The summed E-state index contributed by atoms with van der Waals surface area (Å²) in [5, 5.41) is 0. The summed E-state index contributed by atoms with van der Waals surface area (Å²) in [5.74, 6) is 0. The molecule has 17 heavy (non-hydrogen) atoms. The number of hydrogen-bond acceptors (Lipinski definition) is 2. The first kappa shape index (κ1) is 11.2. The van der Waals surface area contributed by atoms with Gasteiger partial charge in [0.25, 0.3) is 0 Å². The molecule has 0 amide bonds. The van der Waals surface area contributed by atoms with E-state index in [1.165, 1.54) is 22.3 Å². The Labute approximate surface area is 103 Å². The highest BCUT2D eigenvalue weighted by Gasteiger charge is 2.61. The van der Waals surface area contributed by atoms with Crippen molar-refractivity contribution in [2.24, 2.45) is 5.73 Å². The molecule has 0 unspecified atom stereocenters. The molecule has 1 saturated carbocycles. The van der Waals surface area contributed by atoms with Gasteiger partial charge in [-0.15, -0.1) is 0 Å². The molecule has 1 saturated heterocycles. The molecule has 0 radical (unpaired) electrons. The fourth-order valence-corrected chi connectivity index (χ4v) is 3.11. The molecule has 1 heterocycles. The van der Waals surface area contributed by atoms with Crippen molar-refractivity contribution in [1.29, 1.82) is 0 Å². The van der Waals surface area contributed by atoms with E-state index < -0.39 is 0 Å². The Balaban J connectivity index is 2.12. The molecule has 2 N–H and O–H groups in total. The van der Waals surface area contributed by atoms with Gasteiger partial charge in [-0.05, 0) is 55.9 Å². The molecular formula is C15H21NO. The van der Waals surface area contributed by atoms with Crippen molar-refractivity contribution in [3.05, 3.63) is 34.4 Å². The lowest BCUT2D eigenvalue weighted by Crippen LogP contribution is -2.61. The Morgan fingerprint density at radius 3 is 2.18 bits per heavy atom. The summed E-state index contributed by atoms with van der Waals surface area (Å²) in [4.78, 5) is 0. The van der Waals surface area contributed by atoms with E-state index >= 15 is 0 Å². The molecular weight excluding hydrogens is 210 g/mol.